The summed E-state index contributed by atoms with van der Waals surface area (Å²) in [6.45, 7) is 1.98. The minimum Gasteiger partial charge on any atom is -0.345 e. The van der Waals surface area contributed by atoms with E-state index in [0.717, 1.165) is 26.4 Å². The van der Waals surface area contributed by atoms with Crippen molar-refractivity contribution in [3.8, 4) is 0 Å². The number of benzene rings is 3. The van der Waals surface area contributed by atoms with E-state index in [1.54, 1.807) is 0 Å². The topological polar surface area (TPSA) is 42.0 Å². The van der Waals surface area contributed by atoms with E-state index in [9.17, 15) is 4.79 Å². The van der Waals surface area contributed by atoms with Crippen LogP contribution in [0.4, 0.5) is 0 Å². The van der Waals surface area contributed by atoms with Gasteiger partial charge in [0.15, 0.2) is 0 Å². The largest absolute Gasteiger partial charge is 0.345 e. The van der Waals surface area contributed by atoms with Gasteiger partial charge < -0.3 is 5.32 Å². The highest BCUT2D eigenvalue weighted by Gasteiger charge is 2.16. The molecule has 1 N–H and O–H groups in total. The van der Waals surface area contributed by atoms with Crippen LogP contribution in [0.5, 0.6) is 0 Å². The highest BCUT2D eigenvalue weighted by atomic mass is 35.5. The summed E-state index contributed by atoms with van der Waals surface area (Å²) in [6, 6.07) is 27.0. The number of halogens is 1. The molecule has 0 fully saturated rings. The molecule has 4 rings (SSSR count). The number of nitrogens with zero attached hydrogens (tertiary/aromatic N) is 1. The predicted molar refractivity (Wildman–Crippen MR) is 120 cm³/mol. The lowest BCUT2D eigenvalue weighted by Gasteiger charge is -2.16. The fourth-order valence-corrected chi connectivity index (χ4v) is 4.29. The van der Waals surface area contributed by atoms with Crippen molar-refractivity contribution in [1.82, 2.24) is 10.3 Å². The first-order valence-electron chi connectivity index (χ1n) is 9.29. The Morgan fingerprint density at radius 2 is 1.72 bits per heavy atom. The number of hydrogen-bond donors (Lipinski definition) is 1. The van der Waals surface area contributed by atoms with Crippen LogP contribution in [0.15, 0.2) is 94.9 Å². The number of hydrogen-bond acceptors (Lipinski definition) is 3. The molecule has 0 bridgehead atoms. The summed E-state index contributed by atoms with van der Waals surface area (Å²) in [5, 5.41) is 5.37. The van der Waals surface area contributed by atoms with Crippen molar-refractivity contribution in [2.45, 2.75) is 22.9 Å². The molecule has 1 unspecified atom stereocenters. The monoisotopic (exact) mass is 418 g/mol. The lowest BCUT2D eigenvalue weighted by molar-refractivity contribution is 0.0941. The number of nitrogens with one attached hydrogen (secondary N) is 1. The highest BCUT2D eigenvalue weighted by molar-refractivity contribution is 7.99. The minimum absolute atomic E-state index is 0.0975. The molecule has 1 amide bonds. The van der Waals surface area contributed by atoms with Gasteiger partial charge >= 0.3 is 0 Å². The molecule has 1 atom stereocenters. The molecule has 144 valence electrons. The fourth-order valence-electron chi connectivity index (χ4n) is 3.14. The van der Waals surface area contributed by atoms with Gasteiger partial charge in [-0.3, -0.25) is 4.79 Å². The van der Waals surface area contributed by atoms with E-state index in [2.05, 4.69) is 5.32 Å². The highest BCUT2D eigenvalue weighted by Crippen LogP contribution is 2.31. The molecule has 0 saturated heterocycles. The van der Waals surface area contributed by atoms with Crippen LogP contribution < -0.4 is 5.32 Å². The Morgan fingerprint density at radius 3 is 2.52 bits per heavy atom. The smallest absolute Gasteiger partial charge is 0.252 e. The molecule has 0 aliphatic heterocycles. The Kier molecular flexibility index (Phi) is 5.84. The Bertz CT molecular complexity index is 1160. The number of pyridine rings is 1. The molecule has 3 aromatic carbocycles. The summed E-state index contributed by atoms with van der Waals surface area (Å²) in [7, 11) is 0. The average Bonchev–Trinajstić information content (AvgIpc) is 2.73. The molecule has 0 spiro atoms. The predicted octanol–water partition coefficient (Wildman–Crippen LogP) is 6.53. The first-order valence-corrected chi connectivity index (χ1v) is 10.5. The maximum atomic E-state index is 13.1. The van der Waals surface area contributed by atoms with E-state index >= 15 is 0 Å². The fraction of sp³-hybridized carbons (Fsp3) is 0.0833. The number of amides is 1. The molecule has 0 radical (unpaired) electrons. The Hall–Kier alpha value is -2.82. The van der Waals surface area contributed by atoms with Gasteiger partial charge in [-0.05, 0) is 42.8 Å². The minimum atomic E-state index is -0.118. The summed E-state index contributed by atoms with van der Waals surface area (Å²) < 4.78 is 0. The third-order valence-electron chi connectivity index (χ3n) is 4.60. The molecular weight excluding hydrogens is 400 g/mol. The number of carbonyl (C=O) groups is 1. The van der Waals surface area contributed by atoms with Crippen molar-refractivity contribution >= 4 is 40.2 Å². The molecule has 5 heteroatoms. The van der Waals surface area contributed by atoms with Gasteiger partial charge in [0.2, 0.25) is 0 Å². The van der Waals surface area contributed by atoms with E-state index in [1.165, 1.54) is 11.8 Å². The number of aromatic nitrogens is 1. The van der Waals surface area contributed by atoms with Gasteiger partial charge in [-0.1, -0.05) is 78.0 Å². The molecule has 3 nitrogen and oxygen atoms in total. The second-order valence-corrected chi connectivity index (χ2v) is 8.22. The van der Waals surface area contributed by atoms with E-state index in [1.807, 2.05) is 91.9 Å². The zero-order chi connectivity index (χ0) is 20.2. The number of rotatable bonds is 5. The van der Waals surface area contributed by atoms with Gasteiger partial charge in [0.25, 0.3) is 5.91 Å². The Balaban J connectivity index is 1.68. The van der Waals surface area contributed by atoms with Gasteiger partial charge in [-0.2, -0.15) is 0 Å². The van der Waals surface area contributed by atoms with E-state index < -0.39 is 0 Å². The average molecular weight is 419 g/mol. The van der Waals surface area contributed by atoms with Crippen LogP contribution in [0.1, 0.15) is 28.9 Å². The van der Waals surface area contributed by atoms with Crippen molar-refractivity contribution in [3.05, 3.63) is 101 Å². The summed E-state index contributed by atoms with van der Waals surface area (Å²) >= 11 is 7.59. The van der Waals surface area contributed by atoms with Crippen molar-refractivity contribution in [1.29, 1.82) is 0 Å². The third-order valence-corrected chi connectivity index (χ3v) is 5.75. The van der Waals surface area contributed by atoms with Gasteiger partial charge in [-0.15, -0.1) is 0 Å². The van der Waals surface area contributed by atoms with Gasteiger partial charge in [0.05, 0.1) is 17.1 Å². The van der Waals surface area contributed by atoms with Crippen molar-refractivity contribution in [3.63, 3.8) is 0 Å². The van der Waals surface area contributed by atoms with E-state index in [0.29, 0.717) is 10.6 Å². The van der Waals surface area contributed by atoms with Crippen LogP contribution in [0.25, 0.3) is 10.9 Å². The zero-order valence-corrected chi connectivity index (χ0v) is 17.4. The normalized spacial score (nSPS) is 11.9. The maximum Gasteiger partial charge on any atom is 0.252 e. The van der Waals surface area contributed by atoms with Crippen LogP contribution in [-0.4, -0.2) is 10.9 Å². The summed E-state index contributed by atoms with van der Waals surface area (Å²) in [4.78, 5) is 18.8. The summed E-state index contributed by atoms with van der Waals surface area (Å²) in [5.41, 5.74) is 2.47. The SMILES string of the molecule is CC(NC(=O)c1cc(Sc2cccc(Cl)c2)nc2ccccc12)c1ccccc1. The van der Waals surface area contributed by atoms with Gasteiger partial charge in [0, 0.05) is 15.3 Å². The van der Waals surface area contributed by atoms with Crippen LogP contribution in [0, 0.1) is 0 Å². The van der Waals surface area contributed by atoms with Crippen LogP contribution >= 0.6 is 23.4 Å². The van der Waals surface area contributed by atoms with E-state index in [4.69, 9.17) is 16.6 Å². The Labute approximate surface area is 179 Å². The maximum absolute atomic E-state index is 13.1. The van der Waals surface area contributed by atoms with Crippen molar-refractivity contribution in [2.24, 2.45) is 0 Å². The summed E-state index contributed by atoms with van der Waals surface area (Å²) in [6.07, 6.45) is 0. The first-order chi connectivity index (χ1) is 14.1. The zero-order valence-electron chi connectivity index (χ0n) is 15.8. The van der Waals surface area contributed by atoms with E-state index in [-0.39, 0.29) is 11.9 Å². The first kappa shape index (κ1) is 19.5. The Morgan fingerprint density at radius 1 is 0.966 bits per heavy atom. The molecule has 1 aromatic heterocycles. The van der Waals surface area contributed by atoms with Crippen molar-refractivity contribution in [2.75, 3.05) is 0 Å². The lowest BCUT2D eigenvalue weighted by Crippen LogP contribution is -2.27. The van der Waals surface area contributed by atoms with Crippen LogP contribution in [0.3, 0.4) is 0 Å². The second-order valence-electron chi connectivity index (χ2n) is 6.69. The number of fused-ring (bicyclic) bond motifs is 1. The summed E-state index contributed by atoms with van der Waals surface area (Å²) in [5.74, 6) is -0.118. The van der Waals surface area contributed by atoms with Crippen LogP contribution in [0.2, 0.25) is 5.02 Å². The van der Waals surface area contributed by atoms with Crippen molar-refractivity contribution < 1.29 is 4.79 Å². The van der Waals surface area contributed by atoms with Crippen LogP contribution in [-0.2, 0) is 0 Å². The molecular formula is C24H19ClN2OS. The van der Waals surface area contributed by atoms with Gasteiger partial charge in [0.1, 0.15) is 5.03 Å². The third kappa shape index (κ3) is 4.61. The molecule has 0 saturated carbocycles. The number of para-hydroxylation sites is 1. The van der Waals surface area contributed by atoms with Gasteiger partial charge in [-0.25, -0.2) is 4.98 Å². The molecule has 0 aliphatic rings. The number of carbonyl (C=O) groups excluding carboxylic acids is 1. The second kappa shape index (κ2) is 8.68. The quantitative estimate of drug-likeness (QED) is 0.400. The molecule has 1 heterocycles. The molecule has 4 aromatic rings. The molecule has 29 heavy (non-hydrogen) atoms. The lowest BCUT2D eigenvalue weighted by atomic mass is 10.1. The molecule has 0 aliphatic carbocycles. The standard InChI is InChI=1S/C24H19ClN2OS/c1-16(17-8-3-2-4-9-17)26-24(28)21-15-23(27-22-13-6-5-12-20(21)22)29-19-11-7-10-18(25)14-19/h2-16H,1H3,(H,26,28).